The Hall–Kier alpha value is -1.47. The molecule has 0 aliphatic carbocycles. The van der Waals surface area contributed by atoms with Crippen LogP contribution in [0.4, 0.5) is 0 Å². The van der Waals surface area contributed by atoms with Gasteiger partial charge in [-0.1, -0.05) is 0 Å². The van der Waals surface area contributed by atoms with Gasteiger partial charge in [0.05, 0.1) is 5.56 Å². The lowest BCUT2D eigenvalue weighted by Crippen LogP contribution is -2.14. The van der Waals surface area contributed by atoms with Crippen LogP contribution in [0.1, 0.15) is 10.4 Å². The number of nitrogens with two attached hydrogens (primary N) is 1. The zero-order valence-corrected chi connectivity index (χ0v) is 7.15. The van der Waals surface area contributed by atoms with Gasteiger partial charge in [0, 0.05) is 6.20 Å². The first-order valence-corrected chi connectivity index (χ1v) is 4.68. The molecule has 1 heterocycles. The van der Waals surface area contributed by atoms with Gasteiger partial charge in [-0.2, -0.15) is 0 Å². The minimum atomic E-state index is -3.85. The maximum atomic E-state index is 10.7. The van der Waals surface area contributed by atoms with Gasteiger partial charge in [-0.25, -0.2) is 23.3 Å². The Morgan fingerprint density at radius 1 is 1.46 bits per heavy atom. The molecular weight excluding hydrogens is 196 g/mol. The molecule has 0 radical (unpaired) electrons. The highest BCUT2D eigenvalue weighted by Gasteiger charge is 2.10. The average Bonchev–Trinajstić information content (AvgIpc) is 2.03. The lowest BCUT2D eigenvalue weighted by molar-refractivity contribution is 0.0696. The molecule has 1 aromatic heterocycles. The molecule has 0 aliphatic rings. The number of carboxylic acids is 1. The van der Waals surface area contributed by atoms with Crippen LogP contribution in [0, 0.1) is 0 Å². The summed E-state index contributed by atoms with van der Waals surface area (Å²) in [6.07, 6.45) is 0.933. The summed E-state index contributed by atoms with van der Waals surface area (Å²) in [6.45, 7) is 0. The lowest BCUT2D eigenvalue weighted by atomic mass is 10.3. The lowest BCUT2D eigenvalue weighted by Gasteiger charge is -1.96. The Morgan fingerprint density at radius 2 is 2.08 bits per heavy atom. The number of carbonyl (C=O) groups is 1. The molecule has 0 amide bonds. The fourth-order valence-electron chi connectivity index (χ4n) is 0.675. The number of aromatic carboxylic acids is 1. The minimum Gasteiger partial charge on any atom is -0.478 e. The van der Waals surface area contributed by atoms with Crippen LogP contribution in [0.25, 0.3) is 0 Å². The molecular formula is C6H6N2O4S. The normalized spacial score (nSPS) is 11.2. The number of carboxylic acid groups (broad SMARTS) is 1. The molecule has 0 atom stereocenters. The van der Waals surface area contributed by atoms with Gasteiger partial charge in [-0.05, 0) is 12.1 Å². The van der Waals surface area contributed by atoms with Crippen molar-refractivity contribution in [2.75, 3.05) is 0 Å². The molecule has 1 rings (SSSR count). The SMILES string of the molecule is NS(=O)(=O)c1ccc(C(=O)O)cn1. The van der Waals surface area contributed by atoms with Crippen molar-refractivity contribution in [2.45, 2.75) is 5.03 Å². The summed E-state index contributed by atoms with van der Waals surface area (Å²) in [7, 11) is -3.85. The van der Waals surface area contributed by atoms with Crippen molar-refractivity contribution in [2.24, 2.45) is 5.14 Å². The standard InChI is InChI=1S/C6H6N2O4S/c7-13(11,12)5-2-1-4(3-8-5)6(9)10/h1-3H,(H,9,10)(H2,7,11,12). The Morgan fingerprint density at radius 3 is 2.38 bits per heavy atom. The van der Waals surface area contributed by atoms with Gasteiger partial charge in [0.25, 0.3) is 10.0 Å². The molecule has 0 fully saturated rings. The van der Waals surface area contributed by atoms with E-state index in [2.05, 4.69) is 4.98 Å². The monoisotopic (exact) mass is 202 g/mol. The largest absolute Gasteiger partial charge is 0.478 e. The summed E-state index contributed by atoms with van der Waals surface area (Å²) in [6, 6.07) is 2.16. The van der Waals surface area contributed by atoms with Gasteiger partial charge in [-0.3, -0.25) is 0 Å². The van der Waals surface area contributed by atoms with E-state index < -0.39 is 16.0 Å². The average molecular weight is 202 g/mol. The van der Waals surface area contributed by atoms with Crippen molar-refractivity contribution in [3.63, 3.8) is 0 Å². The van der Waals surface area contributed by atoms with E-state index in [-0.39, 0.29) is 10.6 Å². The Bertz CT molecular complexity index is 422. The van der Waals surface area contributed by atoms with E-state index in [9.17, 15) is 13.2 Å². The molecule has 0 aliphatic heterocycles. The van der Waals surface area contributed by atoms with Crippen molar-refractivity contribution < 1.29 is 18.3 Å². The molecule has 1 aromatic rings. The number of hydrogen-bond donors (Lipinski definition) is 2. The van der Waals surface area contributed by atoms with Crippen LogP contribution in [0.3, 0.4) is 0 Å². The summed E-state index contributed by atoms with van der Waals surface area (Å²) >= 11 is 0. The predicted molar refractivity (Wildman–Crippen MR) is 42.6 cm³/mol. The van der Waals surface area contributed by atoms with E-state index in [0.717, 1.165) is 18.3 Å². The molecule has 7 heteroatoms. The Balaban J connectivity index is 3.16. The molecule has 0 saturated heterocycles. The number of primary sulfonamides is 1. The summed E-state index contributed by atoms with van der Waals surface area (Å²) in [5, 5.41) is 12.9. The highest BCUT2D eigenvalue weighted by atomic mass is 32.2. The molecule has 13 heavy (non-hydrogen) atoms. The molecule has 0 aromatic carbocycles. The topological polar surface area (TPSA) is 110 Å². The molecule has 70 valence electrons. The second kappa shape index (κ2) is 3.11. The van der Waals surface area contributed by atoms with Crippen LogP contribution in [-0.4, -0.2) is 24.5 Å². The van der Waals surface area contributed by atoms with Crippen molar-refractivity contribution in [3.05, 3.63) is 23.9 Å². The van der Waals surface area contributed by atoms with Gasteiger partial charge in [0.15, 0.2) is 5.03 Å². The zero-order valence-electron chi connectivity index (χ0n) is 6.34. The summed E-state index contributed by atoms with van der Waals surface area (Å²) in [5.74, 6) is -1.17. The quantitative estimate of drug-likeness (QED) is 0.667. The zero-order chi connectivity index (χ0) is 10.1. The number of hydrogen-bond acceptors (Lipinski definition) is 4. The predicted octanol–water partition coefficient (Wildman–Crippen LogP) is -0.573. The fourth-order valence-corrected chi connectivity index (χ4v) is 1.13. The van der Waals surface area contributed by atoms with E-state index in [1.54, 1.807) is 0 Å². The van der Waals surface area contributed by atoms with Crippen molar-refractivity contribution in [3.8, 4) is 0 Å². The van der Waals surface area contributed by atoms with Crippen molar-refractivity contribution >= 4 is 16.0 Å². The van der Waals surface area contributed by atoms with Gasteiger partial charge >= 0.3 is 5.97 Å². The van der Waals surface area contributed by atoms with Crippen molar-refractivity contribution in [1.82, 2.24) is 4.98 Å². The van der Waals surface area contributed by atoms with E-state index in [1.165, 1.54) is 0 Å². The second-order valence-corrected chi connectivity index (χ2v) is 3.74. The number of nitrogens with zero attached hydrogens (tertiary/aromatic N) is 1. The summed E-state index contributed by atoms with van der Waals surface area (Å²) in [5.41, 5.74) is -0.0904. The fraction of sp³-hybridized carbons (Fsp3) is 0. The van der Waals surface area contributed by atoms with Crippen LogP contribution < -0.4 is 5.14 Å². The van der Waals surface area contributed by atoms with Crippen LogP contribution in [-0.2, 0) is 10.0 Å². The van der Waals surface area contributed by atoms with E-state index >= 15 is 0 Å². The molecule has 3 N–H and O–H groups in total. The number of rotatable bonds is 2. The molecule has 0 bridgehead atoms. The first kappa shape index (κ1) is 9.62. The molecule has 6 nitrogen and oxygen atoms in total. The van der Waals surface area contributed by atoms with E-state index in [1.807, 2.05) is 0 Å². The third-order valence-electron chi connectivity index (χ3n) is 1.27. The van der Waals surface area contributed by atoms with Crippen LogP contribution in [0.2, 0.25) is 0 Å². The summed E-state index contributed by atoms with van der Waals surface area (Å²) < 4.78 is 21.4. The molecule has 0 saturated carbocycles. The smallest absolute Gasteiger partial charge is 0.337 e. The van der Waals surface area contributed by atoms with Crippen LogP contribution >= 0.6 is 0 Å². The minimum absolute atomic E-state index is 0.0904. The number of pyridine rings is 1. The van der Waals surface area contributed by atoms with Crippen LogP contribution in [0.15, 0.2) is 23.4 Å². The third kappa shape index (κ3) is 2.23. The summed E-state index contributed by atoms with van der Waals surface area (Å²) in [4.78, 5) is 13.7. The Labute approximate surface area is 74.1 Å². The van der Waals surface area contributed by atoms with Gasteiger partial charge in [-0.15, -0.1) is 0 Å². The highest BCUT2D eigenvalue weighted by Crippen LogP contribution is 2.03. The number of aromatic nitrogens is 1. The molecule has 0 unspecified atom stereocenters. The Kier molecular flexibility index (Phi) is 2.30. The highest BCUT2D eigenvalue weighted by molar-refractivity contribution is 7.89. The van der Waals surface area contributed by atoms with Gasteiger partial charge < -0.3 is 5.11 Å². The third-order valence-corrected chi connectivity index (χ3v) is 2.10. The van der Waals surface area contributed by atoms with Gasteiger partial charge in [0.1, 0.15) is 0 Å². The maximum Gasteiger partial charge on any atom is 0.337 e. The van der Waals surface area contributed by atoms with Gasteiger partial charge in [0.2, 0.25) is 0 Å². The second-order valence-electron chi connectivity index (χ2n) is 2.24. The van der Waals surface area contributed by atoms with Crippen molar-refractivity contribution in [1.29, 1.82) is 0 Å². The first-order chi connectivity index (χ1) is 5.91. The van der Waals surface area contributed by atoms with E-state index in [4.69, 9.17) is 10.2 Å². The number of sulfonamides is 1. The molecule has 0 spiro atoms. The van der Waals surface area contributed by atoms with Crippen LogP contribution in [0.5, 0.6) is 0 Å². The van der Waals surface area contributed by atoms with E-state index in [0.29, 0.717) is 0 Å². The maximum absolute atomic E-state index is 10.7. The first-order valence-electron chi connectivity index (χ1n) is 3.13.